The number of benzene rings is 4. The van der Waals surface area contributed by atoms with Gasteiger partial charge in [-0.05, 0) is 76.7 Å². The molecule has 0 saturated carbocycles. The van der Waals surface area contributed by atoms with E-state index >= 15 is 0 Å². The summed E-state index contributed by atoms with van der Waals surface area (Å²) in [5, 5.41) is 13.6. The first-order valence-corrected chi connectivity index (χ1v) is 13.3. The number of hydrogen-bond acceptors (Lipinski definition) is 6. The minimum Gasteiger partial charge on any atom is -0.508 e. The molecule has 0 fully saturated rings. The Morgan fingerprint density at radius 2 is 1.46 bits per heavy atom. The number of phenols is 1. The maximum absolute atomic E-state index is 10.2. The van der Waals surface area contributed by atoms with Crippen molar-refractivity contribution in [2.45, 2.75) is 26.1 Å². The van der Waals surface area contributed by atoms with Crippen LogP contribution in [0.2, 0.25) is 0 Å². The third-order valence-corrected chi connectivity index (χ3v) is 7.44. The molecule has 1 aliphatic rings. The molecular weight excluding hydrogens is 486 g/mol. The number of nitrogens with one attached hydrogen (secondary N) is 1. The van der Waals surface area contributed by atoms with Gasteiger partial charge in [-0.3, -0.25) is 4.90 Å². The van der Waals surface area contributed by atoms with Crippen molar-refractivity contribution in [3.8, 4) is 28.4 Å². The number of nitrogens with zero attached hydrogens (tertiary/aromatic N) is 2. The van der Waals surface area contributed by atoms with E-state index in [1.165, 1.54) is 27.8 Å². The molecule has 4 aromatic rings. The summed E-state index contributed by atoms with van der Waals surface area (Å²) in [5.74, 6) is 1.90. The Kier molecular flexibility index (Phi) is 7.94. The van der Waals surface area contributed by atoms with Gasteiger partial charge in [0.25, 0.3) is 0 Å². The molecule has 0 aromatic heterocycles. The average Bonchev–Trinajstić information content (AvgIpc) is 2.96. The van der Waals surface area contributed by atoms with Gasteiger partial charge >= 0.3 is 0 Å². The third-order valence-electron chi connectivity index (χ3n) is 7.44. The normalized spacial score (nSPS) is 13.0. The van der Waals surface area contributed by atoms with Crippen LogP contribution in [0, 0.1) is 0 Å². The van der Waals surface area contributed by atoms with Crippen LogP contribution in [-0.2, 0) is 26.1 Å². The molecule has 0 bridgehead atoms. The van der Waals surface area contributed by atoms with E-state index in [1.807, 2.05) is 31.1 Å². The topological polar surface area (TPSA) is 57.2 Å². The van der Waals surface area contributed by atoms with Crippen molar-refractivity contribution in [1.82, 2.24) is 4.90 Å². The molecule has 0 amide bonds. The van der Waals surface area contributed by atoms with Crippen LogP contribution < -0.4 is 19.7 Å². The lowest BCUT2D eigenvalue weighted by molar-refractivity contribution is 0.244. The second-order valence-corrected chi connectivity index (χ2v) is 10.3. The van der Waals surface area contributed by atoms with Gasteiger partial charge in [-0.1, -0.05) is 36.4 Å². The van der Waals surface area contributed by atoms with E-state index < -0.39 is 0 Å². The number of phenolic OH excluding ortho intramolecular Hbond substituents is 1. The van der Waals surface area contributed by atoms with Gasteiger partial charge in [0.2, 0.25) is 0 Å². The Morgan fingerprint density at radius 1 is 0.821 bits per heavy atom. The Balaban J connectivity index is 1.19. The van der Waals surface area contributed by atoms with Gasteiger partial charge in [-0.25, -0.2) is 0 Å². The van der Waals surface area contributed by atoms with Gasteiger partial charge in [0.1, 0.15) is 5.75 Å². The number of rotatable bonds is 9. The Morgan fingerprint density at radius 3 is 2.10 bits per heavy atom. The molecule has 0 unspecified atom stereocenters. The first-order valence-electron chi connectivity index (χ1n) is 13.3. The third kappa shape index (κ3) is 6.13. The van der Waals surface area contributed by atoms with Crippen LogP contribution >= 0.6 is 0 Å². The van der Waals surface area contributed by atoms with Gasteiger partial charge in [0.15, 0.2) is 11.5 Å². The van der Waals surface area contributed by atoms with Crippen molar-refractivity contribution in [3.05, 3.63) is 101 Å². The quantitative estimate of drug-likeness (QED) is 0.268. The molecule has 0 spiro atoms. The molecule has 4 aromatic carbocycles. The first-order chi connectivity index (χ1) is 18.9. The smallest absolute Gasteiger partial charge is 0.161 e. The molecule has 6 heteroatoms. The van der Waals surface area contributed by atoms with E-state index in [9.17, 15) is 5.11 Å². The SMILES string of the molecule is COc1cc2c(cc1OC)CN(Cc1ccc(-c3ccc(NCc4cc(N(C)C)ccc4O)cc3)cc1)CC2. The maximum Gasteiger partial charge on any atom is 0.161 e. The van der Waals surface area contributed by atoms with Crippen LogP contribution in [0.1, 0.15) is 22.3 Å². The van der Waals surface area contributed by atoms with Crippen LogP contribution in [0.3, 0.4) is 0 Å². The van der Waals surface area contributed by atoms with Crippen molar-refractivity contribution in [3.63, 3.8) is 0 Å². The summed E-state index contributed by atoms with van der Waals surface area (Å²) in [7, 11) is 7.37. The minimum absolute atomic E-state index is 0.304. The lowest BCUT2D eigenvalue weighted by Gasteiger charge is -2.29. The highest BCUT2D eigenvalue weighted by Crippen LogP contribution is 2.34. The fourth-order valence-corrected chi connectivity index (χ4v) is 5.11. The van der Waals surface area contributed by atoms with Crippen LogP contribution in [-0.4, -0.2) is 44.9 Å². The second-order valence-electron chi connectivity index (χ2n) is 10.3. The Bertz CT molecular complexity index is 1420. The molecule has 1 heterocycles. The highest BCUT2D eigenvalue weighted by molar-refractivity contribution is 5.66. The number of anilines is 2. The predicted octanol–water partition coefficient (Wildman–Crippen LogP) is 6.31. The number of fused-ring (bicyclic) bond motifs is 1. The van der Waals surface area contributed by atoms with E-state index in [4.69, 9.17) is 9.47 Å². The molecule has 0 atom stereocenters. The summed E-state index contributed by atoms with van der Waals surface area (Å²) in [6, 6.07) is 27.2. The molecule has 1 aliphatic heterocycles. The fraction of sp³-hybridized carbons (Fsp3) is 0.273. The monoisotopic (exact) mass is 523 g/mol. The molecule has 0 aliphatic carbocycles. The largest absolute Gasteiger partial charge is 0.508 e. The van der Waals surface area contributed by atoms with Crippen molar-refractivity contribution < 1.29 is 14.6 Å². The first kappa shape index (κ1) is 26.4. The molecule has 0 radical (unpaired) electrons. The van der Waals surface area contributed by atoms with Crippen molar-refractivity contribution in [1.29, 1.82) is 0 Å². The van der Waals surface area contributed by atoms with Gasteiger partial charge in [-0.2, -0.15) is 0 Å². The molecule has 0 saturated heterocycles. The van der Waals surface area contributed by atoms with Gasteiger partial charge < -0.3 is 24.8 Å². The molecule has 6 nitrogen and oxygen atoms in total. The Labute approximate surface area is 231 Å². The van der Waals surface area contributed by atoms with E-state index in [2.05, 4.69) is 70.9 Å². The lowest BCUT2D eigenvalue weighted by Crippen LogP contribution is -2.30. The van der Waals surface area contributed by atoms with Crippen LogP contribution in [0.15, 0.2) is 78.9 Å². The number of methoxy groups -OCH3 is 2. The fourth-order valence-electron chi connectivity index (χ4n) is 5.11. The summed E-state index contributed by atoms with van der Waals surface area (Å²) in [6.07, 6.45) is 1.01. The average molecular weight is 524 g/mol. The summed E-state index contributed by atoms with van der Waals surface area (Å²) >= 11 is 0. The molecule has 39 heavy (non-hydrogen) atoms. The molecular formula is C33H37N3O3. The predicted molar refractivity (Wildman–Crippen MR) is 159 cm³/mol. The number of hydrogen-bond donors (Lipinski definition) is 2. The van der Waals surface area contributed by atoms with Crippen LogP contribution in [0.5, 0.6) is 17.2 Å². The van der Waals surface area contributed by atoms with E-state index in [0.717, 1.165) is 54.5 Å². The highest BCUT2D eigenvalue weighted by atomic mass is 16.5. The molecule has 5 rings (SSSR count). The van der Waals surface area contributed by atoms with E-state index in [1.54, 1.807) is 20.3 Å². The summed E-state index contributed by atoms with van der Waals surface area (Å²) in [5.41, 5.74) is 9.29. The zero-order valence-electron chi connectivity index (χ0n) is 23.2. The zero-order valence-corrected chi connectivity index (χ0v) is 23.2. The van der Waals surface area contributed by atoms with Crippen LogP contribution in [0.4, 0.5) is 11.4 Å². The Hall–Kier alpha value is -4.16. The molecule has 2 N–H and O–H groups in total. The zero-order chi connectivity index (χ0) is 27.4. The summed E-state index contributed by atoms with van der Waals surface area (Å²) in [6.45, 7) is 3.40. The standard InChI is InChI=1S/C33H37N3O3/c1-35(2)30-13-14-31(37)27(17-30)20-34-29-11-9-25(10-12-29)24-7-5-23(6-8-24)21-36-16-15-26-18-32(38-3)33(39-4)19-28(26)22-36/h5-14,17-19,34,37H,15-16,20-22H2,1-4H3. The minimum atomic E-state index is 0.304. The van der Waals surface area contributed by atoms with E-state index in [0.29, 0.717) is 12.3 Å². The van der Waals surface area contributed by atoms with Gasteiger partial charge in [-0.15, -0.1) is 0 Å². The van der Waals surface area contributed by atoms with Crippen LogP contribution in [0.25, 0.3) is 11.1 Å². The second kappa shape index (κ2) is 11.7. The van der Waals surface area contributed by atoms with Crippen molar-refractivity contribution in [2.75, 3.05) is 45.1 Å². The highest BCUT2D eigenvalue weighted by Gasteiger charge is 2.19. The summed E-state index contributed by atoms with van der Waals surface area (Å²) in [4.78, 5) is 4.51. The van der Waals surface area contributed by atoms with E-state index in [-0.39, 0.29) is 0 Å². The molecule has 202 valence electrons. The number of ether oxygens (including phenoxy) is 2. The number of aromatic hydroxyl groups is 1. The van der Waals surface area contributed by atoms with Gasteiger partial charge in [0.05, 0.1) is 14.2 Å². The maximum atomic E-state index is 10.2. The van der Waals surface area contributed by atoms with Crippen molar-refractivity contribution in [2.24, 2.45) is 0 Å². The summed E-state index contributed by atoms with van der Waals surface area (Å²) < 4.78 is 11.0. The van der Waals surface area contributed by atoms with Crippen molar-refractivity contribution >= 4 is 11.4 Å². The lowest BCUT2D eigenvalue weighted by atomic mass is 9.98. The van der Waals surface area contributed by atoms with Gasteiger partial charge in [0, 0.05) is 57.2 Å².